The Morgan fingerprint density at radius 1 is 1.36 bits per heavy atom. The molecule has 0 bridgehead atoms. The summed E-state index contributed by atoms with van der Waals surface area (Å²) in [6.45, 7) is 2.11. The second-order valence-corrected chi connectivity index (χ2v) is 6.10. The quantitative estimate of drug-likeness (QED) is 0.821. The van der Waals surface area contributed by atoms with Crippen LogP contribution >= 0.6 is 0 Å². The smallest absolute Gasteiger partial charge is 0.242 e. The Morgan fingerprint density at radius 3 is 3.05 bits per heavy atom. The van der Waals surface area contributed by atoms with Gasteiger partial charge in [-0.15, -0.1) is 0 Å². The molecule has 0 unspecified atom stereocenters. The van der Waals surface area contributed by atoms with E-state index in [-0.39, 0.29) is 5.91 Å². The van der Waals surface area contributed by atoms with Crippen LogP contribution in [0.1, 0.15) is 25.7 Å². The van der Waals surface area contributed by atoms with E-state index in [1.807, 2.05) is 34.8 Å². The summed E-state index contributed by atoms with van der Waals surface area (Å²) < 4.78 is 7.64. The van der Waals surface area contributed by atoms with E-state index in [4.69, 9.17) is 4.74 Å². The van der Waals surface area contributed by atoms with Crippen LogP contribution in [0.25, 0.3) is 10.9 Å². The molecule has 0 aliphatic carbocycles. The molecular weight excluding hydrogens is 276 g/mol. The van der Waals surface area contributed by atoms with Crippen molar-refractivity contribution in [3.8, 4) is 0 Å². The van der Waals surface area contributed by atoms with Gasteiger partial charge in [0, 0.05) is 31.9 Å². The number of likely N-dealkylation sites (N-methyl/N-ethyl adjacent to an activating group) is 1. The molecule has 1 atom stereocenters. The fourth-order valence-corrected chi connectivity index (χ4v) is 3.10. The lowest BCUT2D eigenvalue weighted by molar-refractivity contribution is -0.130. The Balaban J connectivity index is 1.50. The number of para-hydroxylation sites is 1. The van der Waals surface area contributed by atoms with Crippen molar-refractivity contribution in [3.63, 3.8) is 0 Å². The molecule has 1 aromatic heterocycles. The highest BCUT2D eigenvalue weighted by Gasteiger charge is 2.16. The van der Waals surface area contributed by atoms with Gasteiger partial charge in [0.25, 0.3) is 0 Å². The van der Waals surface area contributed by atoms with Crippen molar-refractivity contribution in [1.82, 2.24) is 9.47 Å². The maximum atomic E-state index is 12.4. The van der Waals surface area contributed by atoms with Crippen molar-refractivity contribution >= 4 is 16.8 Å². The average Bonchev–Trinajstić information content (AvgIpc) is 3.17. The van der Waals surface area contributed by atoms with Crippen LogP contribution in [0.15, 0.2) is 36.5 Å². The third-order valence-corrected chi connectivity index (χ3v) is 4.46. The monoisotopic (exact) mass is 300 g/mol. The van der Waals surface area contributed by atoms with Crippen molar-refractivity contribution in [3.05, 3.63) is 36.5 Å². The molecule has 0 saturated carbocycles. The van der Waals surface area contributed by atoms with Gasteiger partial charge >= 0.3 is 0 Å². The lowest BCUT2D eigenvalue weighted by Gasteiger charge is -2.19. The molecule has 1 fully saturated rings. The van der Waals surface area contributed by atoms with Gasteiger partial charge in [-0.3, -0.25) is 4.79 Å². The molecule has 2 heterocycles. The predicted molar refractivity (Wildman–Crippen MR) is 87.8 cm³/mol. The number of hydrogen-bond donors (Lipinski definition) is 0. The number of rotatable bonds is 6. The van der Waals surface area contributed by atoms with Crippen molar-refractivity contribution in [2.75, 3.05) is 20.2 Å². The number of amides is 1. The lowest BCUT2D eigenvalue weighted by atomic mass is 10.1. The van der Waals surface area contributed by atoms with Gasteiger partial charge in [-0.1, -0.05) is 18.2 Å². The molecule has 4 nitrogen and oxygen atoms in total. The maximum absolute atomic E-state index is 12.4. The van der Waals surface area contributed by atoms with E-state index in [1.54, 1.807) is 0 Å². The molecule has 4 heteroatoms. The Kier molecular flexibility index (Phi) is 4.78. The maximum Gasteiger partial charge on any atom is 0.242 e. The van der Waals surface area contributed by atoms with Gasteiger partial charge in [0.15, 0.2) is 0 Å². The van der Waals surface area contributed by atoms with Crippen LogP contribution in [0.5, 0.6) is 0 Å². The summed E-state index contributed by atoms with van der Waals surface area (Å²) in [5.41, 5.74) is 1.11. The van der Waals surface area contributed by atoms with Crippen LogP contribution in [0, 0.1) is 0 Å². The first-order valence-corrected chi connectivity index (χ1v) is 8.13. The molecule has 118 valence electrons. The summed E-state index contributed by atoms with van der Waals surface area (Å²) in [5.74, 6) is 0.161. The Morgan fingerprint density at radius 2 is 2.23 bits per heavy atom. The number of hydrogen-bond acceptors (Lipinski definition) is 2. The van der Waals surface area contributed by atoms with Crippen molar-refractivity contribution in [2.24, 2.45) is 0 Å². The van der Waals surface area contributed by atoms with Gasteiger partial charge in [0.1, 0.15) is 6.54 Å². The van der Waals surface area contributed by atoms with Crippen LogP contribution in [-0.4, -0.2) is 41.7 Å². The minimum atomic E-state index is 0.161. The third-order valence-electron chi connectivity index (χ3n) is 4.46. The second-order valence-electron chi connectivity index (χ2n) is 6.10. The molecule has 1 aromatic carbocycles. The second kappa shape index (κ2) is 6.97. The SMILES string of the molecule is CN(CCC[C@H]1CCCO1)C(=O)Cn1ccc2ccccc21. The molecule has 22 heavy (non-hydrogen) atoms. The third kappa shape index (κ3) is 3.50. The van der Waals surface area contributed by atoms with Gasteiger partial charge in [-0.05, 0) is 43.2 Å². The van der Waals surface area contributed by atoms with Gasteiger partial charge in [-0.25, -0.2) is 0 Å². The first kappa shape index (κ1) is 15.1. The van der Waals surface area contributed by atoms with Crippen LogP contribution in [0.2, 0.25) is 0 Å². The molecule has 1 saturated heterocycles. The number of ether oxygens (including phenoxy) is 1. The van der Waals surface area contributed by atoms with E-state index in [1.165, 1.54) is 18.2 Å². The van der Waals surface area contributed by atoms with Gasteiger partial charge in [-0.2, -0.15) is 0 Å². The number of nitrogens with zero attached hydrogens (tertiary/aromatic N) is 2. The fourth-order valence-electron chi connectivity index (χ4n) is 3.10. The average molecular weight is 300 g/mol. The van der Waals surface area contributed by atoms with E-state index in [9.17, 15) is 4.79 Å². The Labute approximate surface area is 131 Å². The fraction of sp³-hybridized carbons (Fsp3) is 0.500. The molecule has 0 radical (unpaired) electrons. The van der Waals surface area contributed by atoms with Crippen LogP contribution in [0.3, 0.4) is 0 Å². The topological polar surface area (TPSA) is 34.5 Å². The summed E-state index contributed by atoms with van der Waals surface area (Å²) in [5, 5.41) is 1.18. The van der Waals surface area contributed by atoms with Gasteiger partial charge in [0.05, 0.1) is 6.10 Å². The number of fused-ring (bicyclic) bond motifs is 1. The molecule has 1 aliphatic heterocycles. The zero-order chi connectivity index (χ0) is 15.4. The van der Waals surface area contributed by atoms with E-state index in [0.717, 1.165) is 31.5 Å². The molecule has 3 rings (SSSR count). The summed E-state index contributed by atoms with van der Waals surface area (Å²) in [6.07, 6.45) is 6.83. The van der Waals surface area contributed by atoms with Crippen LogP contribution in [-0.2, 0) is 16.1 Å². The zero-order valence-electron chi connectivity index (χ0n) is 13.2. The first-order chi connectivity index (χ1) is 10.7. The number of carbonyl (C=O) groups is 1. The van der Waals surface area contributed by atoms with E-state index in [0.29, 0.717) is 12.6 Å². The van der Waals surface area contributed by atoms with Gasteiger partial charge in [0.2, 0.25) is 5.91 Å². The highest BCUT2D eigenvalue weighted by molar-refractivity contribution is 5.83. The van der Waals surface area contributed by atoms with Crippen LogP contribution in [0.4, 0.5) is 0 Å². The van der Waals surface area contributed by atoms with Gasteiger partial charge < -0.3 is 14.2 Å². The summed E-state index contributed by atoms with van der Waals surface area (Å²) in [7, 11) is 1.89. The zero-order valence-corrected chi connectivity index (χ0v) is 13.2. The molecule has 0 N–H and O–H groups in total. The highest BCUT2D eigenvalue weighted by Crippen LogP contribution is 2.17. The molecule has 2 aromatic rings. The summed E-state index contributed by atoms with van der Waals surface area (Å²) in [6, 6.07) is 10.2. The normalized spacial score (nSPS) is 18.0. The van der Waals surface area contributed by atoms with E-state index < -0.39 is 0 Å². The number of carbonyl (C=O) groups excluding carboxylic acids is 1. The lowest BCUT2D eigenvalue weighted by Crippen LogP contribution is -2.31. The summed E-state index contributed by atoms with van der Waals surface area (Å²) >= 11 is 0. The van der Waals surface area contributed by atoms with E-state index >= 15 is 0 Å². The van der Waals surface area contributed by atoms with E-state index in [2.05, 4.69) is 18.2 Å². The molecular formula is C18H24N2O2. The predicted octanol–water partition coefficient (Wildman–Crippen LogP) is 3.06. The minimum absolute atomic E-state index is 0.161. The highest BCUT2D eigenvalue weighted by atomic mass is 16.5. The summed E-state index contributed by atoms with van der Waals surface area (Å²) in [4.78, 5) is 14.2. The number of aromatic nitrogens is 1. The largest absolute Gasteiger partial charge is 0.378 e. The van der Waals surface area contributed by atoms with Crippen LogP contribution < -0.4 is 0 Å². The Bertz CT molecular complexity index is 629. The molecule has 0 spiro atoms. The van der Waals surface area contributed by atoms with Crippen molar-refractivity contribution in [2.45, 2.75) is 38.3 Å². The van der Waals surface area contributed by atoms with Crippen molar-refractivity contribution < 1.29 is 9.53 Å². The molecule has 1 aliphatic rings. The Hall–Kier alpha value is -1.81. The molecule has 1 amide bonds. The van der Waals surface area contributed by atoms with Crippen molar-refractivity contribution in [1.29, 1.82) is 0 Å². The minimum Gasteiger partial charge on any atom is -0.378 e. The first-order valence-electron chi connectivity index (χ1n) is 8.13. The standard InChI is InChI=1S/C18H24N2O2/c1-19(11-4-7-16-8-5-13-22-16)18(21)14-20-12-10-15-6-2-3-9-17(15)20/h2-3,6,9-10,12,16H,4-5,7-8,11,13-14H2,1H3/t16-/m0/s1. The number of benzene rings is 1.